The van der Waals surface area contributed by atoms with Crippen LogP contribution in [0.2, 0.25) is 0 Å². The number of anilines is 1. The highest BCUT2D eigenvalue weighted by Crippen LogP contribution is 2.39. The molecular weight excluding hydrogens is 386 g/mol. The van der Waals surface area contributed by atoms with Crippen molar-refractivity contribution < 1.29 is 14.3 Å². The molecule has 1 aliphatic carbocycles. The van der Waals surface area contributed by atoms with E-state index in [-0.39, 0.29) is 18.0 Å². The predicted molar refractivity (Wildman–Crippen MR) is 115 cm³/mol. The highest BCUT2D eigenvalue weighted by atomic mass is 32.1. The van der Waals surface area contributed by atoms with Crippen LogP contribution in [0.5, 0.6) is 0 Å². The van der Waals surface area contributed by atoms with Crippen molar-refractivity contribution in [1.29, 1.82) is 0 Å². The Morgan fingerprint density at radius 3 is 2.76 bits per heavy atom. The molecule has 0 fully saturated rings. The molecule has 0 radical (unpaired) electrons. The molecule has 2 aromatic rings. The molecule has 1 unspecified atom stereocenters. The van der Waals surface area contributed by atoms with Crippen molar-refractivity contribution in [3.05, 3.63) is 39.5 Å². The van der Waals surface area contributed by atoms with Crippen LogP contribution in [-0.2, 0) is 24.1 Å². The van der Waals surface area contributed by atoms with Gasteiger partial charge in [0.15, 0.2) is 0 Å². The predicted octanol–water partition coefficient (Wildman–Crippen LogP) is 4.91. The van der Waals surface area contributed by atoms with Gasteiger partial charge in [0.2, 0.25) is 0 Å². The Balaban J connectivity index is 1.61. The van der Waals surface area contributed by atoms with Crippen LogP contribution < -0.4 is 5.32 Å². The van der Waals surface area contributed by atoms with Gasteiger partial charge in [-0.3, -0.25) is 5.32 Å². The van der Waals surface area contributed by atoms with Crippen LogP contribution in [0.25, 0.3) is 0 Å². The van der Waals surface area contributed by atoms with Gasteiger partial charge in [0.1, 0.15) is 5.00 Å². The molecule has 0 saturated carbocycles. The summed E-state index contributed by atoms with van der Waals surface area (Å²) in [5.74, 6) is -0.322. The van der Waals surface area contributed by atoms with Gasteiger partial charge in [-0.25, -0.2) is 9.59 Å². The molecular formula is C22H29N3O3S. The quantitative estimate of drug-likeness (QED) is 0.722. The number of aromatic nitrogens is 1. The van der Waals surface area contributed by atoms with Gasteiger partial charge in [0.05, 0.1) is 18.2 Å². The topological polar surface area (TPSA) is 63.6 Å². The molecule has 1 atom stereocenters. The number of esters is 1. The fourth-order valence-corrected chi connectivity index (χ4v) is 5.89. The number of hydrogen-bond donors (Lipinski definition) is 1. The maximum atomic E-state index is 13.3. The van der Waals surface area contributed by atoms with E-state index in [9.17, 15) is 9.59 Å². The zero-order valence-corrected chi connectivity index (χ0v) is 18.2. The second kappa shape index (κ2) is 8.22. The Labute approximate surface area is 175 Å². The van der Waals surface area contributed by atoms with Crippen molar-refractivity contribution in [2.45, 2.75) is 65.5 Å². The van der Waals surface area contributed by atoms with Crippen LogP contribution in [0, 0.1) is 6.92 Å². The second-order valence-electron chi connectivity index (χ2n) is 7.73. The van der Waals surface area contributed by atoms with Crippen LogP contribution in [-0.4, -0.2) is 34.6 Å². The summed E-state index contributed by atoms with van der Waals surface area (Å²) in [7, 11) is 0. The standard InChI is InChI=1S/C22H29N3O3S/c1-4-16-17-11-10-14(3)24(17)12-13-25(16)22(27)23-20-19(21(26)28-5-2)15-8-6-7-9-18(15)29-20/h10-11,16H,4-9,12-13H2,1-3H3,(H,23,27). The number of urea groups is 1. The van der Waals surface area contributed by atoms with Crippen molar-refractivity contribution >= 4 is 28.3 Å². The van der Waals surface area contributed by atoms with Gasteiger partial charge >= 0.3 is 12.0 Å². The van der Waals surface area contributed by atoms with Crippen molar-refractivity contribution in [2.24, 2.45) is 0 Å². The Morgan fingerprint density at radius 1 is 1.21 bits per heavy atom. The van der Waals surface area contributed by atoms with E-state index in [2.05, 4.69) is 35.9 Å². The number of nitrogens with zero attached hydrogens (tertiary/aromatic N) is 2. The van der Waals surface area contributed by atoms with Gasteiger partial charge < -0.3 is 14.2 Å². The van der Waals surface area contributed by atoms with Gasteiger partial charge in [-0.1, -0.05) is 6.92 Å². The summed E-state index contributed by atoms with van der Waals surface area (Å²) in [6.45, 7) is 7.81. The minimum Gasteiger partial charge on any atom is -0.462 e. The zero-order valence-electron chi connectivity index (χ0n) is 17.4. The van der Waals surface area contributed by atoms with E-state index in [0.29, 0.717) is 23.7 Å². The molecule has 1 aliphatic heterocycles. The van der Waals surface area contributed by atoms with E-state index >= 15 is 0 Å². The van der Waals surface area contributed by atoms with E-state index in [1.807, 2.05) is 11.8 Å². The molecule has 6 nitrogen and oxygen atoms in total. The van der Waals surface area contributed by atoms with E-state index in [4.69, 9.17) is 4.74 Å². The van der Waals surface area contributed by atoms with Crippen LogP contribution in [0.3, 0.4) is 0 Å². The molecule has 2 aliphatic rings. The number of thiophene rings is 1. The van der Waals surface area contributed by atoms with Crippen molar-refractivity contribution in [3.63, 3.8) is 0 Å². The number of rotatable bonds is 4. The first-order valence-corrected chi connectivity index (χ1v) is 11.4. The molecule has 0 bridgehead atoms. The van der Waals surface area contributed by atoms with Crippen LogP contribution >= 0.6 is 11.3 Å². The maximum absolute atomic E-state index is 13.3. The van der Waals surface area contributed by atoms with Crippen molar-refractivity contribution in [3.8, 4) is 0 Å². The minimum absolute atomic E-state index is 0.0399. The van der Waals surface area contributed by atoms with Gasteiger partial charge in [0, 0.05) is 29.4 Å². The summed E-state index contributed by atoms with van der Waals surface area (Å²) in [5.41, 5.74) is 4.06. The average Bonchev–Trinajstić information content (AvgIpc) is 3.27. The highest BCUT2D eigenvalue weighted by molar-refractivity contribution is 7.17. The third-order valence-corrected chi connectivity index (χ3v) is 7.24. The molecule has 1 N–H and O–H groups in total. The Kier molecular flexibility index (Phi) is 5.67. The Hall–Kier alpha value is -2.28. The molecule has 7 heteroatoms. The molecule has 0 aromatic carbocycles. The molecule has 0 saturated heterocycles. The maximum Gasteiger partial charge on any atom is 0.341 e. The van der Waals surface area contributed by atoms with Gasteiger partial charge in [0.25, 0.3) is 0 Å². The SMILES string of the molecule is CCOC(=O)c1c(NC(=O)N2CCn3c(C)ccc3C2CC)sc2c1CCCC2. The lowest BCUT2D eigenvalue weighted by molar-refractivity contribution is 0.0526. The number of amides is 2. The van der Waals surface area contributed by atoms with E-state index in [0.717, 1.165) is 44.2 Å². The average molecular weight is 416 g/mol. The smallest absolute Gasteiger partial charge is 0.341 e. The third kappa shape index (κ3) is 3.56. The summed E-state index contributed by atoms with van der Waals surface area (Å²) in [5, 5.41) is 3.72. The summed E-state index contributed by atoms with van der Waals surface area (Å²) in [6, 6.07) is 4.15. The molecule has 3 heterocycles. The molecule has 2 aromatic heterocycles. The highest BCUT2D eigenvalue weighted by Gasteiger charge is 2.33. The lowest BCUT2D eigenvalue weighted by Crippen LogP contribution is -2.44. The third-order valence-electron chi connectivity index (χ3n) is 6.03. The van der Waals surface area contributed by atoms with Crippen LogP contribution in [0.1, 0.15) is 71.3 Å². The normalized spacial score (nSPS) is 18.2. The fraction of sp³-hybridized carbons (Fsp3) is 0.545. The van der Waals surface area contributed by atoms with Crippen LogP contribution in [0.15, 0.2) is 12.1 Å². The number of carbonyl (C=O) groups excluding carboxylic acids is 2. The van der Waals surface area contributed by atoms with Gasteiger partial charge in [-0.2, -0.15) is 0 Å². The fourth-order valence-electron chi connectivity index (χ4n) is 4.62. The van der Waals surface area contributed by atoms with Crippen LogP contribution in [0.4, 0.5) is 9.80 Å². The molecule has 4 rings (SSSR count). The first-order chi connectivity index (χ1) is 14.0. The summed E-state index contributed by atoms with van der Waals surface area (Å²) in [4.78, 5) is 29.0. The minimum atomic E-state index is -0.322. The van der Waals surface area contributed by atoms with E-state index < -0.39 is 0 Å². The number of hydrogen-bond acceptors (Lipinski definition) is 4. The van der Waals surface area contributed by atoms with E-state index in [1.165, 1.54) is 16.3 Å². The lowest BCUT2D eigenvalue weighted by atomic mass is 9.95. The summed E-state index contributed by atoms with van der Waals surface area (Å²) < 4.78 is 7.61. The number of aryl methyl sites for hydroxylation is 2. The second-order valence-corrected chi connectivity index (χ2v) is 8.84. The van der Waals surface area contributed by atoms with E-state index in [1.54, 1.807) is 11.3 Å². The Morgan fingerprint density at radius 2 is 2.00 bits per heavy atom. The molecule has 29 heavy (non-hydrogen) atoms. The molecule has 156 valence electrons. The van der Waals surface area contributed by atoms with Gasteiger partial charge in [-0.15, -0.1) is 11.3 Å². The first-order valence-electron chi connectivity index (χ1n) is 10.6. The molecule has 2 amide bonds. The largest absolute Gasteiger partial charge is 0.462 e. The molecule has 0 spiro atoms. The number of nitrogens with one attached hydrogen (secondary N) is 1. The lowest BCUT2D eigenvalue weighted by Gasteiger charge is -2.37. The Bertz CT molecular complexity index is 930. The number of fused-ring (bicyclic) bond motifs is 2. The summed E-state index contributed by atoms with van der Waals surface area (Å²) >= 11 is 1.54. The number of ether oxygens (including phenoxy) is 1. The first kappa shape index (κ1) is 20.0. The monoisotopic (exact) mass is 415 g/mol. The summed E-state index contributed by atoms with van der Waals surface area (Å²) in [6.07, 6.45) is 4.90. The van der Waals surface area contributed by atoms with Crippen molar-refractivity contribution in [2.75, 3.05) is 18.5 Å². The van der Waals surface area contributed by atoms with Crippen molar-refractivity contribution in [1.82, 2.24) is 9.47 Å². The number of carbonyl (C=O) groups is 2. The zero-order chi connectivity index (χ0) is 20.5. The van der Waals surface area contributed by atoms with Gasteiger partial charge in [-0.05, 0) is 63.6 Å².